The molecule has 0 aliphatic heterocycles. The first kappa shape index (κ1) is 14.7. The summed E-state index contributed by atoms with van der Waals surface area (Å²) in [5.41, 5.74) is -0.610. The molecule has 0 rings (SSSR count). The average molecular weight is 231 g/mol. The lowest BCUT2D eigenvalue weighted by atomic mass is 10.2. The minimum atomic E-state index is -1.03. The second-order valence-electron chi connectivity index (χ2n) is 4.69. The van der Waals surface area contributed by atoms with Crippen LogP contribution < -0.4 is 0 Å². The van der Waals surface area contributed by atoms with Crippen LogP contribution in [-0.2, 0) is 9.53 Å². The van der Waals surface area contributed by atoms with E-state index < -0.39 is 23.7 Å². The van der Waals surface area contributed by atoms with Crippen molar-refractivity contribution >= 4 is 12.1 Å². The predicted molar refractivity (Wildman–Crippen MR) is 60.3 cm³/mol. The van der Waals surface area contributed by atoms with E-state index in [1.165, 1.54) is 11.8 Å². The topological polar surface area (TPSA) is 66.8 Å². The number of nitrogens with zero attached hydrogens (tertiary/aromatic N) is 1. The fourth-order valence-corrected chi connectivity index (χ4v) is 1.14. The van der Waals surface area contributed by atoms with Gasteiger partial charge in [-0.05, 0) is 34.1 Å². The van der Waals surface area contributed by atoms with Gasteiger partial charge >= 0.3 is 12.1 Å². The SMILES string of the molecule is CCCN(C(=O)OC(C)(C)C)C(C)C(=O)O. The fourth-order valence-electron chi connectivity index (χ4n) is 1.14. The van der Waals surface area contributed by atoms with Crippen LogP contribution in [0.15, 0.2) is 0 Å². The van der Waals surface area contributed by atoms with E-state index in [1.54, 1.807) is 20.8 Å². The molecular weight excluding hydrogens is 210 g/mol. The lowest BCUT2D eigenvalue weighted by molar-refractivity contribution is -0.142. The van der Waals surface area contributed by atoms with Crippen LogP contribution in [0.2, 0.25) is 0 Å². The molecule has 0 bridgehead atoms. The maximum absolute atomic E-state index is 11.7. The molecule has 0 aliphatic carbocycles. The molecule has 0 fully saturated rings. The number of ether oxygens (including phenoxy) is 1. The number of carboxylic acids is 1. The van der Waals surface area contributed by atoms with E-state index in [4.69, 9.17) is 9.84 Å². The zero-order chi connectivity index (χ0) is 12.9. The zero-order valence-electron chi connectivity index (χ0n) is 10.6. The molecule has 5 nitrogen and oxygen atoms in total. The van der Waals surface area contributed by atoms with Crippen molar-refractivity contribution in [3.8, 4) is 0 Å². The van der Waals surface area contributed by atoms with Crippen molar-refractivity contribution in [1.29, 1.82) is 0 Å². The number of aliphatic carboxylic acids is 1. The highest BCUT2D eigenvalue weighted by Gasteiger charge is 2.28. The Balaban J connectivity index is 4.65. The van der Waals surface area contributed by atoms with Gasteiger partial charge < -0.3 is 9.84 Å². The summed E-state index contributed by atoms with van der Waals surface area (Å²) in [6.45, 7) is 8.98. The molecule has 16 heavy (non-hydrogen) atoms. The summed E-state index contributed by atoms with van der Waals surface area (Å²) in [5.74, 6) is -1.03. The summed E-state index contributed by atoms with van der Waals surface area (Å²) in [5, 5.41) is 8.88. The first-order valence-electron chi connectivity index (χ1n) is 5.41. The number of hydrogen-bond acceptors (Lipinski definition) is 3. The van der Waals surface area contributed by atoms with Gasteiger partial charge in [0.15, 0.2) is 0 Å². The smallest absolute Gasteiger partial charge is 0.411 e. The van der Waals surface area contributed by atoms with E-state index in [0.717, 1.165) is 0 Å². The van der Waals surface area contributed by atoms with Gasteiger partial charge in [-0.15, -0.1) is 0 Å². The number of carboxylic acid groups (broad SMARTS) is 1. The molecule has 1 unspecified atom stereocenters. The molecule has 1 atom stereocenters. The number of rotatable bonds is 4. The van der Waals surface area contributed by atoms with Crippen LogP contribution in [0.1, 0.15) is 41.0 Å². The molecule has 0 saturated carbocycles. The van der Waals surface area contributed by atoms with E-state index in [1.807, 2.05) is 6.92 Å². The Bertz CT molecular complexity index is 257. The van der Waals surface area contributed by atoms with Crippen LogP contribution in [0, 0.1) is 0 Å². The Kier molecular flexibility index (Phi) is 5.27. The minimum absolute atomic E-state index is 0.377. The predicted octanol–water partition coefficient (Wildman–Crippen LogP) is 2.11. The first-order valence-corrected chi connectivity index (χ1v) is 5.41. The van der Waals surface area contributed by atoms with Crippen molar-refractivity contribution < 1.29 is 19.4 Å². The van der Waals surface area contributed by atoms with Crippen molar-refractivity contribution in [1.82, 2.24) is 4.90 Å². The molecular formula is C11H21NO4. The van der Waals surface area contributed by atoms with Crippen molar-refractivity contribution in [2.24, 2.45) is 0 Å². The Labute approximate surface area is 96.4 Å². The summed E-state index contributed by atoms with van der Waals surface area (Å²) in [7, 11) is 0. The number of carbonyl (C=O) groups excluding carboxylic acids is 1. The van der Waals surface area contributed by atoms with Gasteiger partial charge in [0.25, 0.3) is 0 Å². The summed E-state index contributed by atoms with van der Waals surface area (Å²) in [4.78, 5) is 23.8. The highest BCUT2D eigenvalue weighted by molar-refractivity contribution is 5.79. The highest BCUT2D eigenvalue weighted by Crippen LogP contribution is 2.12. The van der Waals surface area contributed by atoms with Crippen molar-refractivity contribution in [2.45, 2.75) is 52.7 Å². The van der Waals surface area contributed by atoms with Crippen LogP contribution in [0.3, 0.4) is 0 Å². The third kappa shape index (κ3) is 5.00. The summed E-state index contributed by atoms with van der Waals surface area (Å²) < 4.78 is 5.15. The lowest BCUT2D eigenvalue weighted by Gasteiger charge is -2.29. The van der Waals surface area contributed by atoms with Crippen molar-refractivity contribution in [3.63, 3.8) is 0 Å². The summed E-state index contributed by atoms with van der Waals surface area (Å²) in [6.07, 6.45) is 0.112. The average Bonchev–Trinajstić information content (AvgIpc) is 2.09. The van der Waals surface area contributed by atoms with Gasteiger partial charge in [-0.3, -0.25) is 4.90 Å². The van der Waals surface area contributed by atoms with Crippen molar-refractivity contribution in [2.75, 3.05) is 6.54 Å². The van der Waals surface area contributed by atoms with Crippen LogP contribution in [0.5, 0.6) is 0 Å². The monoisotopic (exact) mass is 231 g/mol. The molecule has 1 N–H and O–H groups in total. The molecule has 0 aromatic carbocycles. The third-order valence-electron chi connectivity index (χ3n) is 1.92. The summed E-state index contributed by atoms with van der Waals surface area (Å²) in [6, 6.07) is -0.866. The maximum atomic E-state index is 11.7. The van der Waals surface area contributed by atoms with Gasteiger partial charge in [0.1, 0.15) is 11.6 Å². The van der Waals surface area contributed by atoms with Crippen molar-refractivity contribution in [3.05, 3.63) is 0 Å². The van der Waals surface area contributed by atoms with Crippen LogP contribution in [0.4, 0.5) is 4.79 Å². The lowest BCUT2D eigenvalue weighted by Crippen LogP contribution is -2.46. The Morgan fingerprint density at radius 2 is 1.88 bits per heavy atom. The van der Waals surface area contributed by atoms with Gasteiger partial charge in [-0.1, -0.05) is 6.92 Å². The molecule has 0 saturated heterocycles. The minimum Gasteiger partial charge on any atom is -0.480 e. The van der Waals surface area contributed by atoms with E-state index in [9.17, 15) is 9.59 Å². The quantitative estimate of drug-likeness (QED) is 0.804. The van der Waals surface area contributed by atoms with Crippen LogP contribution in [-0.4, -0.2) is 40.3 Å². The summed E-state index contributed by atoms with van der Waals surface area (Å²) >= 11 is 0. The molecule has 0 aromatic heterocycles. The Morgan fingerprint density at radius 3 is 2.19 bits per heavy atom. The molecule has 1 amide bonds. The number of carbonyl (C=O) groups is 2. The number of amides is 1. The standard InChI is InChI=1S/C11H21NO4/c1-6-7-12(8(2)9(13)14)10(15)16-11(3,4)5/h8H,6-7H2,1-5H3,(H,13,14). The molecule has 0 radical (unpaired) electrons. The van der Waals surface area contributed by atoms with E-state index in [2.05, 4.69) is 0 Å². The van der Waals surface area contributed by atoms with Gasteiger partial charge in [-0.25, -0.2) is 9.59 Å². The molecule has 94 valence electrons. The third-order valence-corrected chi connectivity index (χ3v) is 1.92. The van der Waals surface area contributed by atoms with Crippen LogP contribution in [0.25, 0.3) is 0 Å². The molecule has 0 spiro atoms. The first-order chi connectivity index (χ1) is 7.19. The highest BCUT2D eigenvalue weighted by atomic mass is 16.6. The Morgan fingerprint density at radius 1 is 1.38 bits per heavy atom. The van der Waals surface area contributed by atoms with Gasteiger partial charge in [-0.2, -0.15) is 0 Å². The van der Waals surface area contributed by atoms with Gasteiger partial charge in [0.05, 0.1) is 0 Å². The normalized spacial score (nSPS) is 13.1. The second-order valence-corrected chi connectivity index (χ2v) is 4.69. The largest absolute Gasteiger partial charge is 0.480 e. The maximum Gasteiger partial charge on any atom is 0.411 e. The fraction of sp³-hybridized carbons (Fsp3) is 0.818. The van der Waals surface area contributed by atoms with Gasteiger partial charge in [0, 0.05) is 6.54 Å². The molecule has 0 heterocycles. The Hall–Kier alpha value is -1.26. The van der Waals surface area contributed by atoms with E-state index >= 15 is 0 Å². The van der Waals surface area contributed by atoms with Crippen LogP contribution >= 0.6 is 0 Å². The van der Waals surface area contributed by atoms with E-state index in [0.29, 0.717) is 13.0 Å². The van der Waals surface area contributed by atoms with E-state index in [-0.39, 0.29) is 0 Å². The second kappa shape index (κ2) is 5.72. The zero-order valence-corrected chi connectivity index (χ0v) is 10.6. The number of hydrogen-bond donors (Lipinski definition) is 1. The van der Waals surface area contributed by atoms with Gasteiger partial charge in [0.2, 0.25) is 0 Å². The molecule has 0 aromatic rings. The molecule has 5 heteroatoms. The molecule has 0 aliphatic rings.